The van der Waals surface area contributed by atoms with Crippen molar-refractivity contribution in [2.75, 3.05) is 10.2 Å². The molecule has 9 rings (SSSR count). The molecule has 2 bridgehead atoms. The van der Waals surface area contributed by atoms with Crippen molar-refractivity contribution in [2.45, 2.75) is 51.9 Å². The summed E-state index contributed by atoms with van der Waals surface area (Å²) in [5.41, 5.74) is 13.3. The molecule has 5 aromatic carbocycles. The largest absolute Gasteiger partial charge is 0.328 e. The highest BCUT2D eigenvalue weighted by Gasteiger charge is 2.37. The topological polar surface area (TPSA) is 53.9 Å². The number of hydrogen-bond acceptors (Lipinski definition) is 5. The van der Waals surface area contributed by atoms with Gasteiger partial charge in [-0.3, -0.25) is 0 Å². The van der Waals surface area contributed by atoms with Crippen LogP contribution in [0, 0.1) is 0 Å². The molecule has 2 heterocycles. The van der Waals surface area contributed by atoms with E-state index >= 15 is 0 Å². The second kappa shape index (κ2) is 13.2. The first-order valence-corrected chi connectivity index (χ1v) is 17.6. The summed E-state index contributed by atoms with van der Waals surface area (Å²) in [5.74, 6) is 1.84. The van der Waals surface area contributed by atoms with Gasteiger partial charge in [0.1, 0.15) is 0 Å². The number of allylic oxidation sites excluding steroid dienone is 4. The van der Waals surface area contributed by atoms with Crippen LogP contribution in [0.5, 0.6) is 0 Å². The Morgan fingerprint density at radius 3 is 1.76 bits per heavy atom. The third-order valence-electron chi connectivity index (χ3n) is 10.0. The van der Waals surface area contributed by atoms with Gasteiger partial charge in [0.05, 0.1) is 11.4 Å². The normalized spacial score (nSPS) is 17.2. The van der Waals surface area contributed by atoms with Gasteiger partial charge in [0.15, 0.2) is 11.6 Å². The molecule has 50 heavy (non-hydrogen) atoms. The first kappa shape index (κ1) is 31.5. The summed E-state index contributed by atoms with van der Waals surface area (Å²) < 4.78 is 0. The van der Waals surface area contributed by atoms with E-state index in [1.807, 2.05) is 60.7 Å². The van der Waals surface area contributed by atoms with Crippen molar-refractivity contribution in [1.29, 1.82) is 0 Å². The number of para-hydroxylation sites is 2. The maximum absolute atomic E-state index is 4.91. The summed E-state index contributed by atoms with van der Waals surface area (Å²) in [6.07, 6.45) is 8.03. The van der Waals surface area contributed by atoms with Crippen LogP contribution in [0.2, 0.25) is 0 Å². The van der Waals surface area contributed by atoms with Gasteiger partial charge >= 0.3 is 0 Å². The van der Waals surface area contributed by atoms with Crippen molar-refractivity contribution < 1.29 is 0 Å². The van der Waals surface area contributed by atoms with Crippen molar-refractivity contribution in [2.24, 2.45) is 0 Å². The zero-order valence-corrected chi connectivity index (χ0v) is 28.9. The van der Waals surface area contributed by atoms with Gasteiger partial charge in [0.2, 0.25) is 5.95 Å². The Labute approximate surface area is 295 Å². The number of aromatic nitrogens is 3. The number of rotatable bonds is 5. The summed E-state index contributed by atoms with van der Waals surface area (Å²) in [6, 6.07) is 45.1. The van der Waals surface area contributed by atoms with Gasteiger partial charge in [-0.2, -0.15) is 9.97 Å². The Balaban J connectivity index is 1.16. The zero-order chi connectivity index (χ0) is 34.1. The molecule has 5 nitrogen and oxygen atoms in total. The lowest BCUT2D eigenvalue weighted by atomic mass is 9.73. The lowest BCUT2D eigenvalue weighted by molar-refractivity contribution is 0.631. The molecule has 0 amide bonds. The van der Waals surface area contributed by atoms with Crippen molar-refractivity contribution in [3.8, 4) is 22.8 Å². The maximum Gasteiger partial charge on any atom is 0.231 e. The first-order valence-electron chi connectivity index (χ1n) is 17.6. The van der Waals surface area contributed by atoms with Crippen LogP contribution in [-0.2, 0) is 18.3 Å². The van der Waals surface area contributed by atoms with Gasteiger partial charge in [-0.15, -0.1) is 0 Å². The highest BCUT2D eigenvalue weighted by atomic mass is 15.2. The molecule has 6 aromatic rings. The molecule has 5 heteroatoms. The minimum atomic E-state index is -0.0945. The standard InChI is InChI=1S/C45H41N5/c1-31-22-26-33-27-24-32(30-41(33)50-39-20-12-10-18-37(39)45(2,3)38-19-11-13-21-40(38)50)25-29-36(28-23-31)46-44-48-42(34-14-6-4-7-15-34)47-43(49-44)35-16-8-5-9-17-35/h4-21,23-24,27-28,30H,22,25-26,29H2,1-3H3,(H,46,47,48,49)/b31-23-,36-28-. The van der Waals surface area contributed by atoms with E-state index in [9.17, 15) is 0 Å². The minimum Gasteiger partial charge on any atom is -0.328 e. The van der Waals surface area contributed by atoms with E-state index in [4.69, 9.17) is 15.0 Å². The molecule has 0 spiro atoms. The Bertz CT molecular complexity index is 2130. The number of benzene rings is 5. The second-order valence-corrected chi connectivity index (χ2v) is 13.8. The van der Waals surface area contributed by atoms with E-state index in [2.05, 4.69) is 110 Å². The molecule has 0 saturated heterocycles. The van der Waals surface area contributed by atoms with Crippen LogP contribution in [-0.4, -0.2) is 15.0 Å². The lowest BCUT2D eigenvalue weighted by Crippen LogP contribution is -2.31. The maximum atomic E-state index is 4.91. The third-order valence-corrected chi connectivity index (χ3v) is 10.0. The summed E-state index contributed by atoms with van der Waals surface area (Å²) in [7, 11) is 0. The molecule has 0 atom stereocenters. The van der Waals surface area contributed by atoms with Crippen molar-refractivity contribution >= 4 is 23.0 Å². The zero-order valence-electron chi connectivity index (χ0n) is 28.9. The summed E-state index contributed by atoms with van der Waals surface area (Å²) >= 11 is 0. The first-order chi connectivity index (χ1) is 24.4. The van der Waals surface area contributed by atoms with E-state index in [1.165, 1.54) is 44.9 Å². The molecular weight excluding hydrogens is 611 g/mol. The van der Waals surface area contributed by atoms with Crippen molar-refractivity contribution in [3.63, 3.8) is 0 Å². The van der Waals surface area contributed by atoms with Gasteiger partial charge in [-0.05, 0) is 79.1 Å². The van der Waals surface area contributed by atoms with Crippen LogP contribution in [0.1, 0.15) is 55.9 Å². The Kier molecular flexibility index (Phi) is 8.33. The van der Waals surface area contributed by atoms with E-state index in [1.54, 1.807) is 0 Å². The van der Waals surface area contributed by atoms with E-state index in [-0.39, 0.29) is 5.41 Å². The molecule has 246 valence electrons. The average Bonchev–Trinajstić information content (AvgIpc) is 3.15. The summed E-state index contributed by atoms with van der Waals surface area (Å²) in [4.78, 5) is 17.2. The molecule has 1 aliphatic heterocycles. The summed E-state index contributed by atoms with van der Waals surface area (Å²) in [6.45, 7) is 6.92. The fraction of sp³-hybridized carbons (Fsp3) is 0.178. The Morgan fingerprint density at radius 2 is 1.14 bits per heavy atom. The lowest BCUT2D eigenvalue weighted by Gasteiger charge is -2.42. The fourth-order valence-electron chi connectivity index (χ4n) is 7.25. The molecule has 1 aromatic heterocycles. The molecule has 0 saturated carbocycles. The number of nitrogens with one attached hydrogen (secondary N) is 1. The highest BCUT2D eigenvalue weighted by Crippen LogP contribution is 2.52. The second-order valence-electron chi connectivity index (χ2n) is 13.8. The van der Waals surface area contributed by atoms with Gasteiger partial charge in [-0.25, -0.2) is 4.98 Å². The fourth-order valence-corrected chi connectivity index (χ4v) is 7.25. The van der Waals surface area contributed by atoms with Crippen LogP contribution < -0.4 is 10.2 Å². The SMILES string of the molecule is C/C1=C/C=C(\Nc2nc(-c3ccccc3)nc(-c3ccccc3)n2)CCc2ccc(c(N3c4ccccc4C(C)(C)c4ccccc43)c2)CC1. The van der Waals surface area contributed by atoms with Gasteiger partial charge in [0, 0.05) is 27.9 Å². The molecule has 1 N–H and O–H groups in total. The average molecular weight is 652 g/mol. The Morgan fingerprint density at radius 1 is 0.560 bits per heavy atom. The number of hydrogen-bond donors (Lipinski definition) is 1. The third kappa shape index (κ3) is 6.12. The van der Waals surface area contributed by atoms with Crippen molar-refractivity contribution in [3.05, 3.63) is 173 Å². The molecule has 0 radical (unpaired) electrons. The molecule has 2 aliphatic carbocycles. The monoisotopic (exact) mass is 651 g/mol. The van der Waals surface area contributed by atoms with Crippen LogP contribution in [0.15, 0.2) is 151 Å². The van der Waals surface area contributed by atoms with Gasteiger partial charge < -0.3 is 10.2 Å². The number of anilines is 4. The van der Waals surface area contributed by atoms with E-state index in [0.29, 0.717) is 17.6 Å². The highest BCUT2D eigenvalue weighted by molar-refractivity contribution is 5.87. The van der Waals surface area contributed by atoms with Gasteiger partial charge in [-0.1, -0.05) is 135 Å². The van der Waals surface area contributed by atoms with Crippen molar-refractivity contribution in [1.82, 2.24) is 15.0 Å². The van der Waals surface area contributed by atoms with Gasteiger partial charge in [0.25, 0.3) is 0 Å². The van der Waals surface area contributed by atoms with E-state index in [0.717, 1.165) is 42.5 Å². The quantitative estimate of drug-likeness (QED) is 0.201. The summed E-state index contributed by atoms with van der Waals surface area (Å²) in [5, 5.41) is 3.62. The predicted octanol–water partition coefficient (Wildman–Crippen LogP) is 11.1. The van der Waals surface area contributed by atoms with Crippen LogP contribution >= 0.6 is 0 Å². The van der Waals surface area contributed by atoms with Crippen LogP contribution in [0.25, 0.3) is 22.8 Å². The Hall–Kier alpha value is -5.81. The smallest absolute Gasteiger partial charge is 0.231 e. The number of fused-ring (bicyclic) bond motifs is 9. The van der Waals surface area contributed by atoms with Crippen LogP contribution in [0.3, 0.4) is 0 Å². The number of aryl methyl sites for hydroxylation is 2. The molecule has 0 unspecified atom stereocenters. The molecule has 0 fully saturated rings. The van der Waals surface area contributed by atoms with Crippen LogP contribution in [0.4, 0.5) is 23.0 Å². The molecule has 3 aliphatic rings. The molecular formula is C45H41N5. The van der Waals surface area contributed by atoms with E-state index < -0.39 is 0 Å². The minimum absolute atomic E-state index is 0.0945. The number of nitrogens with zero attached hydrogens (tertiary/aromatic N) is 4. The predicted molar refractivity (Wildman–Crippen MR) is 206 cm³/mol.